The highest BCUT2D eigenvalue weighted by molar-refractivity contribution is 6.32. The van der Waals surface area contributed by atoms with Crippen LogP contribution in [-0.4, -0.2) is 40.3 Å². The van der Waals surface area contributed by atoms with Gasteiger partial charge in [0.25, 0.3) is 5.91 Å². The van der Waals surface area contributed by atoms with Crippen molar-refractivity contribution in [2.45, 2.75) is 25.7 Å². The second kappa shape index (κ2) is 7.26. The number of nitrogens with zero attached hydrogens (tertiary/aromatic N) is 3. The van der Waals surface area contributed by atoms with E-state index in [-0.39, 0.29) is 12.5 Å². The summed E-state index contributed by atoms with van der Waals surface area (Å²) in [6, 6.07) is 5.56. The van der Waals surface area contributed by atoms with Gasteiger partial charge < -0.3 is 9.64 Å². The van der Waals surface area contributed by atoms with Gasteiger partial charge in [0.05, 0.1) is 11.2 Å². The first-order chi connectivity index (χ1) is 11.5. The average Bonchev–Trinajstić information content (AvgIpc) is 3.02. The van der Waals surface area contributed by atoms with Crippen molar-refractivity contribution < 1.29 is 9.53 Å². The molecule has 24 heavy (non-hydrogen) atoms. The zero-order chi connectivity index (χ0) is 17.1. The number of aryl methyl sites for hydroxylation is 2. The largest absolute Gasteiger partial charge is 0.482 e. The van der Waals surface area contributed by atoms with Crippen molar-refractivity contribution in [1.82, 2.24) is 14.7 Å². The van der Waals surface area contributed by atoms with Gasteiger partial charge >= 0.3 is 0 Å². The predicted molar refractivity (Wildman–Crippen MR) is 93.4 cm³/mol. The van der Waals surface area contributed by atoms with Crippen LogP contribution >= 0.6 is 11.6 Å². The molecule has 0 saturated carbocycles. The number of benzene rings is 1. The Morgan fingerprint density at radius 2 is 2.12 bits per heavy atom. The number of hydrogen-bond donors (Lipinski definition) is 0. The Morgan fingerprint density at radius 3 is 2.79 bits per heavy atom. The molecule has 2 heterocycles. The number of ether oxygens (including phenoxy) is 1. The second-order valence-electron chi connectivity index (χ2n) is 6.32. The fourth-order valence-corrected chi connectivity index (χ4v) is 3.24. The van der Waals surface area contributed by atoms with Crippen LogP contribution in [-0.2, 0) is 11.8 Å². The highest BCUT2D eigenvalue weighted by Gasteiger charge is 2.24. The summed E-state index contributed by atoms with van der Waals surface area (Å²) in [6.45, 7) is 3.50. The van der Waals surface area contributed by atoms with Crippen molar-refractivity contribution in [3.8, 4) is 5.75 Å². The molecule has 0 aliphatic carbocycles. The van der Waals surface area contributed by atoms with Gasteiger partial charge in [0.15, 0.2) is 6.61 Å². The fraction of sp³-hybridized carbons (Fsp3) is 0.444. The molecule has 0 N–H and O–H groups in total. The first-order valence-corrected chi connectivity index (χ1v) is 8.56. The van der Waals surface area contributed by atoms with E-state index in [0.717, 1.165) is 31.5 Å². The Morgan fingerprint density at radius 1 is 1.38 bits per heavy atom. The van der Waals surface area contributed by atoms with Crippen LogP contribution in [0.25, 0.3) is 0 Å². The van der Waals surface area contributed by atoms with Gasteiger partial charge in [0, 0.05) is 26.3 Å². The molecular weight excluding hydrogens is 326 g/mol. The van der Waals surface area contributed by atoms with Gasteiger partial charge in [-0.3, -0.25) is 9.48 Å². The molecule has 1 amide bonds. The van der Waals surface area contributed by atoms with Gasteiger partial charge in [-0.25, -0.2) is 0 Å². The predicted octanol–water partition coefficient (Wildman–Crippen LogP) is 3.17. The average molecular weight is 348 g/mol. The van der Waals surface area contributed by atoms with Crippen molar-refractivity contribution in [3.05, 3.63) is 46.7 Å². The van der Waals surface area contributed by atoms with E-state index in [4.69, 9.17) is 16.3 Å². The maximum absolute atomic E-state index is 12.4. The molecule has 6 heteroatoms. The van der Waals surface area contributed by atoms with Gasteiger partial charge in [-0.15, -0.1) is 0 Å². The molecule has 2 aromatic rings. The molecule has 3 rings (SSSR count). The molecule has 1 fully saturated rings. The topological polar surface area (TPSA) is 47.4 Å². The minimum absolute atomic E-state index is 0.0113. The lowest BCUT2D eigenvalue weighted by atomic mass is 9.91. The van der Waals surface area contributed by atoms with Crippen LogP contribution in [0, 0.1) is 6.92 Å². The third-order valence-corrected chi connectivity index (χ3v) is 4.79. The lowest BCUT2D eigenvalue weighted by molar-refractivity contribution is -0.134. The molecule has 5 nitrogen and oxygen atoms in total. The monoisotopic (exact) mass is 347 g/mol. The summed E-state index contributed by atoms with van der Waals surface area (Å²) in [5.41, 5.74) is 2.31. The van der Waals surface area contributed by atoms with Gasteiger partial charge in [0.2, 0.25) is 0 Å². The Kier molecular flexibility index (Phi) is 5.09. The minimum Gasteiger partial charge on any atom is -0.482 e. The number of carbonyl (C=O) groups is 1. The van der Waals surface area contributed by atoms with E-state index in [1.807, 2.05) is 41.9 Å². The molecule has 0 radical (unpaired) electrons. The number of piperidine rings is 1. The maximum Gasteiger partial charge on any atom is 0.260 e. The zero-order valence-corrected chi connectivity index (χ0v) is 14.8. The number of carbonyl (C=O) groups excluding carboxylic acids is 1. The molecular formula is C18H22ClN3O2. The molecule has 0 bridgehead atoms. The van der Waals surface area contributed by atoms with Crippen LogP contribution in [0.1, 0.15) is 29.9 Å². The van der Waals surface area contributed by atoms with E-state index in [0.29, 0.717) is 16.7 Å². The van der Waals surface area contributed by atoms with Gasteiger partial charge in [-0.05, 0) is 48.9 Å². The number of hydrogen-bond acceptors (Lipinski definition) is 3. The van der Waals surface area contributed by atoms with Gasteiger partial charge in [-0.1, -0.05) is 17.7 Å². The van der Waals surface area contributed by atoms with Crippen LogP contribution in [0.3, 0.4) is 0 Å². The number of aromatic nitrogens is 2. The van der Waals surface area contributed by atoms with Gasteiger partial charge in [-0.2, -0.15) is 5.10 Å². The van der Waals surface area contributed by atoms with E-state index in [2.05, 4.69) is 11.3 Å². The summed E-state index contributed by atoms with van der Waals surface area (Å²) in [6.07, 6.45) is 5.90. The third-order valence-electron chi connectivity index (χ3n) is 4.48. The Bertz CT molecular complexity index is 721. The first-order valence-electron chi connectivity index (χ1n) is 8.18. The van der Waals surface area contributed by atoms with Crippen molar-refractivity contribution in [2.75, 3.05) is 19.7 Å². The van der Waals surface area contributed by atoms with Crippen molar-refractivity contribution in [2.24, 2.45) is 7.05 Å². The van der Waals surface area contributed by atoms with Crippen molar-refractivity contribution in [1.29, 1.82) is 0 Å². The number of amides is 1. The normalized spacial score (nSPS) is 15.5. The zero-order valence-electron chi connectivity index (χ0n) is 14.0. The Hall–Kier alpha value is -2.01. The van der Waals surface area contributed by atoms with Crippen LogP contribution < -0.4 is 4.74 Å². The van der Waals surface area contributed by atoms with E-state index < -0.39 is 0 Å². The number of halogens is 1. The SMILES string of the molecule is Cc1ccc(Cl)c(OCC(=O)N2CCC(c3cnn(C)c3)CC2)c1. The van der Waals surface area contributed by atoms with E-state index >= 15 is 0 Å². The highest BCUT2D eigenvalue weighted by atomic mass is 35.5. The number of likely N-dealkylation sites (tertiary alicyclic amines) is 1. The van der Waals surface area contributed by atoms with Crippen LogP contribution in [0.15, 0.2) is 30.6 Å². The molecule has 1 aromatic carbocycles. The molecule has 0 atom stereocenters. The first kappa shape index (κ1) is 16.8. The van der Waals surface area contributed by atoms with E-state index in [1.165, 1.54) is 5.56 Å². The second-order valence-corrected chi connectivity index (χ2v) is 6.73. The van der Waals surface area contributed by atoms with Crippen LogP contribution in [0.4, 0.5) is 0 Å². The highest BCUT2D eigenvalue weighted by Crippen LogP contribution is 2.28. The number of rotatable bonds is 4. The molecule has 0 unspecified atom stereocenters. The summed E-state index contributed by atoms with van der Waals surface area (Å²) in [5, 5.41) is 4.76. The van der Waals surface area contributed by atoms with E-state index in [9.17, 15) is 4.79 Å². The van der Waals surface area contributed by atoms with Crippen LogP contribution in [0.5, 0.6) is 5.75 Å². The molecule has 1 aliphatic heterocycles. The standard InChI is InChI=1S/C18H22ClN3O2/c1-13-3-4-16(19)17(9-13)24-12-18(23)22-7-5-14(6-8-22)15-10-20-21(2)11-15/h3-4,9-11,14H,5-8,12H2,1-2H3. The molecule has 0 spiro atoms. The van der Waals surface area contributed by atoms with Gasteiger partial charge in [0.1, 0.15) is 5.75 Å². The summed E-state index contributed by atoms with van der Waals surface area (Å²) in [5.74, 6) is 1.06. The molecule has 1 saturated heterocycles. The minimum atomic E-state index is 0.0113. The van der Waals surface area contributed by atoms with Crippen LogP contribution in [0.2, 0.25) is 5.02 Å². The maximum atomic E-state index is 12.4. The molecule has 128 valence electrons. The summed E-state index contributed by atoms with van der Waals surface area (Å²) in [4.78, 5) is 14.2. The lowest BCUT2D eigenvalue weighted by Crippen LogP contribution is -2.40. The summed E-state index contributed by atoms with van der Waals surface area (Å²) < 4.78 is 7.44. The van der Waals surface area contributed by atoms with E-state index in [1.54, 1.807) is 6.07 Å². The molecule has 1 aliphatic rings. The fourth-order valence-electron chi connectivity index (χ4n) is 3.07. The summed E-state index contributed by atoms with van der Waals surface area (Å²) >= 11 is 6.10. The van der Waals surface area contributed by atoms with Crippen molar-refractivity contribution >= 4 is 17.5 Å². The van der Waals surface area contributed by atoms with Crippen molar-refractivity contribution in [3.63, 3.8) is 0 Å². The Balaban J connectivity index is 1.51. The summed E-state index contributed by atoms with van der Waals surface area (Å²) in [7, 11) is 1.93. The Labute approximate surface area is 147 Å². The quantitative estimate of drug-likeness (QED) is 0.853. The lowest BCUT2D eigenvalue weighted by Gasteiger charge is -2.31. The smallest absolute Gasteiger partial charge is 0.260 e. The third kappa shape index (κ3) is 3.90. The molecule has 1 aromatic heterocycles.